The van der Waals surface area contributed by atoms with E-state index in [0.29, 0.717) is 12.0 Å². The fourth-order valence-electron chi connectivity index (χ4n) is 4.01. The molecule has 1 fully saturated rings. The summed E-state index contributed by atoms with van der Waals surface area (Å²) in [6, 6.07) is 19.5. The van der Waals surface area contributed by atoms with Gasteiger partial charge in [0.1, 0.15) is 17.7 Å². The highest BCUT2D eigenvalue weighted by atomic mass is 16.5. The summed E-state index contributed by atoms with van der Waals surface area (Å²) in [5.41, 5.74) is 8.22. The molecule has 1 heterocycles. The third-order valence-corrected chi connectivity index (χ3v) is 5.74. The number of methoxy groups -OCH3 is 1. The summed E-state index contributed by atoms with van der Waals surface area (Å²) in [5.74, 6) is 0.158. The molecule has 0 saturated carbocycles. The van der Waals surface area contributed by atoms with Crippen LogP contribution in [0.5, 0.6) is 5.75 Å². The average molecular weight is 418 g/mol. The minimum Gasteiger partial charge on any atom is -0.489 e. The smallest absolute Gasteiger partial charge is 0.313 e. The predicted octanol–water partition coefficient (Wildman–Crippen LogP) is 3.36. The molecule has 0 amide bonds. The van der Waals surface area contributed by atoms with Gasteiger partial charge in [0.05, 0.1) is 13.0 Å². The van der Waals surface area contributed by atoms with Crippen molar-refractivity contribution in [3.63, 3.8) is 0 Å². The number of nitrogen functional groups attached to an aromatic ring is 1. The van der Waals surface area contributed by atoms with Crippen molar-refractivity contribution in [3.8, 4) is 5.75 Å². The summed E-state index contributed by atoms with van der Waals surface area (Å²) in [4.78, 5) is 12.6. The normalized spacial score (nSPS) is 16.7. The highest BCUT2D eigenvalue weighted by Crippen LogP contribution is 2.27. The summed E-state index contributed by atoms with van der Waals surface area (Å²) in [5, 5.41) is 13.0. The van der Waals surface area contributed by atoms with Crippen molar-refractivity contribution in [2.75, 3.05) is 20.2 Å². The van der Waals surface area contributed by atoms with Gasteiger partial charge in [0.25, 0.3) is 0 Å². The molecule has 0 spiro atoms. The Labute approximate surface area is 181 Å². The molecule has 0 bridgehead atoms. The van der Waals surface area contributed by atoms with Crippen LogP contribution in [0.2, 0.25) is 0 Å². The predicted molar refractivity (Wildman–Crippen MR) is 122 cm³/mol. The van der Waals surface area contributed by atoms with Crippen LogP contribution in [0, 0.1) is 5.41 Å². The Bertz CT molecular complexity index is 1090. The van der Waals surface area contributed by atoms with Gasteiger partial charge in [-0.05, 0) is 59.5 Å². The Morgan fingerprint density at radius 1 is 1.13 bits per heavy atom. The van der Waals surface area contributed by atoms with Crippen molar-refractivity contribution < 1.29 is 14.3 Å². The standard InChI is InChI=1S/C25H27N3O3/c1-30-25(29)23(18-6-8-21(9-7-18)31-22-10-11-28-15-22)13-16-2-3-17-4-5-19(24(26)27)14-20(17)12-16/h2-9,12,14,22-23,28H,10-11,13,15H2,1H3,(H3,26,27). The minimum absolute atomic E-state index is 0.0374. The third kappa shape index (κ3) is 4.86. The lowest BCUT2D eigenvalue weighted by atomic mass is 9.91. The number of esters is 1. The first-order chi connectivity index (χ1) is 15.0. The lowest BCUT2D eigenvalue weighted by Crippen LogP contribution is -2.20. The summed E-state index contributed by atoms with van der Waals surface area (Å²) in [6.45, 7) is 1.84. The zero-order valence-electron chi connectivity index (χ0n) is 17.6. The maximum atomic E-state index is 12.6. The number of ether oxygens (including phenoxy) is 2. The Balaban J connectivity index is 1.56. The van der Waals surface area contributed by atoms with Gasteiger partial charge in [-0.25, -0.2) is 0 Å². The number of hydrogen-bond acceptors (Lipinski definition) is 5. The molecule has 31 heavy (non-hydrogen) atoms. The van der Waals surface area contributed by atoms with E-state index in [1.54, 1.807) is 0 Å². The summed E-state index contributed by atoms with van der Waals surface area (Å²) in [6.07, 6.45) is 1.71. The quantitative estimate of drug-likeness (QED) is 0.311. The van der Waals surface area contributed by atoms with Crippen LogP contribution in [0.3, 0.4) is 0 Å². The Kier molecular flexibility index (Phi) is 6.18. The molecular weight excluding hydrogens is 390 g/mol. The number of nitrogens with two attached hydrogens (primary N) is 1. The van der Waals surface area contributed by atoms with Crippen LogP contribution in [0.25, 0.3) is 10.8 Å². The number of amidine groups is 1. The first kappa shape index (κ1) is 20.9. The van der Waals surface area contributed by atoms with Crippen LogP contribution in [-0.2, 0) is 16.0 Å². The van der Waals surface area contributed by atoms with E-state index in [1.807, 2.05) is 60.7 Å². The minimum atomic E-state index is -0.416. The molecule has 6 heteroatoms. The van der Waals surface area contributed by atoms with Crippen molar-refractivity contribution in [2.24, 2.45) is 5.73 Å². The van der Waals surface area contributed by atoms with E-state index >= 15 is 0 Å². The van der Waals surface area contributed by atoms with Gasteiger partial charge in [0, 0.05) is 12.1 Å². The molecule has 1 aliphatic heterocycles. The maximum absolute atomic E-state index is 12.6. The summed E-state index contributed by atoms with van der Waals surface area (Å²) >= 11 is 0. The van der Waals surface area contributed by atoms with Gasteiger partial charge in [-0.3, -0.25) is 10.2 Å². The topological polar surface area (TPSA) is 97.4 Å². The third-order valence-electron chi connectivity index (χ3n) is 5.74. The summed E-state index contributed by atoms with van der Waals surface area (Å²) in [7, 11) is 1.42. The number of nitrogens with one attached hydrogen (secondary N) is 2. The van der Waals surface area contributed by atoms with Gasteiger partial charge in [-0.2, -0.15) is 0 Å². The van der Waals surface area contributed by atoms with E-state index < -0.39 is 5.92 Å². The van der Waals surface area contributed by atoms with Crippen LogP contribution in [0.1, 0.15) is 29.0 Å². The number of carbonyl (C=O) groups is 1. The lowest BCUT2D eigenvalue weighted by Gasteiger charge is -2.17. The van der Waals surface area contributed by atoms with Gasteiger partial charge in [0.15, 0.2) is 0 Å². The molecule has 0 aliphatic carbocycles. The molecule has 1 saturated heterocycles. The van der Waals surface area contributed by atoms with E-state index in [-0.39, 0.29) is 17.9 Å². The van der Waals surface area contributed by atoms with Crippen molar-refractivity contribution in [1.82, 2.24) is 5.32 Å². The molecule has 4 N–H and O–H groups in total. The van der Waals surface area contributed by atoms with Crippen LogP contribution < -0.4 is 15.8 Å². The number of carbonyl (C=O) groups excluding carboxylic acids is 1. The molecule has 1 aliphatic rings. The highest BCUT2D eigenvalue weighted by Gasteiger charge is 2.23. The number of benzene rings is 3. The number of fused-ring (bicyclic) bond motifs is 1. The maximum Gasteiger partial charge on any atom is 0.313 e. The second kappa shape index (κ2) is 9.18. The van der Waals surface area contributed by atoms with Gasteiger partial charge in [-0.1, -0.05) is 42.5 Å². The van der Waals surface area contributed by atoms with Gasteiger partial charge in [0.2, 0.25) is 0 Å². The Morgan fingerprint density at radius 3 is 2.58 bits per heavy atom. The van der Waals surface area contributed by atoms with Gasteiger partial charge >= 0.3 is 5.97 Å². The Morgan fingerprint density at radius 2 is 1.90 bits per heavy atom. The molecule has 4 rings (SSSR count). The van der Waals surface area contributed by atoms with E-state index in [0.717, 1.165) is 47.2 Å². The largest absolute Gasteiger partial charge is 0.489 e. The first-order valence-electron chi connectivity index (χ1n) is 10.5. The van der Waals surface area contributed by atoms with Crippen molar-refractivity contribution in [2.45, 2.75) is 24.9 Å². The Hall–Kier alpha value is -3.38. The van der Waals surface area contributed by atoms with E-state index in [9.17, 15) is 4.79 Å². The summed E-state index contributed by atoms with van der Waals surface area (Å²) < 4.78 is 11.1. The fraction of sp³-hybridized carbons (Fsp3) is 0.280. The van der Waals surface area contributed by atoms with Crippen LogP contribution >= 0.6 is 0 Å². The highest BCUT2D eigenvalue weighted by molar-refractivity contribution is 5.99. The molecule has 3 aromatic rings. The lowest BCUT2D eigenvalue weighted by molar-refractivity contribution is -0.142. The zero-order chi connectivity index (χ0) is 21.8. The van der Waals surface area contributed by atoms with Crippen LogP contribution in [0.4, 0.5) is 0 Å². The first-order valence-corrected chi connectivity index (χ1v) is 10.5. The van der Waals surface area contributed by atoms with Gasteiger partial charge < -0.3 is 20.5 Å². The molecule has 3 aromatic carbocycles. The van der Waals surface area contributed by atoms with E-state index in [4.69, 9.17) is 20.6 Å². The van der Waals surface area contributed by atoms with E-state index in [2.05, 4.69) is 5.32 Å². The van der Waals surface area contributed by atoms with Crippen molar-refractivity contribution in [3.05, 3.63) is 77.4 Å². The molecular formula is C25H27N3O3. The van der Waals surface area contributed by atoms with Crippen LogP contribution in [0.15, 0.2) is 60.7 Å². The zero-order valence-corrected chi connectivity index (χ0v) is 17.6. The van der Waals surface area contributed by atoms with Crippen molar-refractivity contribution in [1.29, 1.82) is 5.41 Å². The second-order valence-corrected chi connectivity index (χ2v) is 7.89. The molecule has 6 nitrogen and oxygen atoms in total. The van der Waals surface area contributed by atoms with E-state index in [1.165, 1.54) is 7.11 Å². The number of hydrogen-bond donors (Lipinski definition) is 3. The second-order valence-electron chi connectivity index (χ2n) is 7.89. The fourth-order valence-corrected chi connectivity index (χ4v) is 4.01. The van der Waals surface area contributed by atoms with Crippen molar-refractivity contribution >= 4 is 22.6 Å². The average Bonchev–Trinajstić information content (AvgIpc) is 3.30. The molecule has 2 unspecified atom stereocenters. The molecule has 0 aromatic heterocycles. The van der Waals surface area contributed by atoms with Crippen LogP contribution in [-0.4, -0.2) is 38.1 Å². The monoisotopic (exact) mass is 417 g/mol. The molecule has 0 radical (unpaired) electrons. The van der Waals surface area contributed by atoms with Gasteiger partial charge in [-0.15, -0.1) is 0 Å². The SMILES string of the molecule is COC(=O)C(Cc1ccc2ccc(C(=N)N)cc2c1)c1ccc(OC2CCNC2)cc1. The number of rotatable bonds is 7. The molecule has 2 atom stereocenters. The molecule has 160 valence electrons.